The maximum atomic E-state index is 2.23. The van der Waals surface area contributed by atoms with Crippen molar-refractivity contribution < 1.29 is 0 Å². The molecule has 2 aromatic carbocycles. The van der Waals surface area contributed by atoms with E-state index in [4.69, 9.17) is 0 Å². The number of hydrogen-bond acceptors (Lipinski definition) is 0. The highest BCUT2D eigenvalue weighted by molar-refractivity contribution is 5.53. The van der Waals surface area contributed by atoms with Gasteiger partial charge in [-0.1, -0.05) is 66.2 Å². The Hall–Kier alpha value is -1.82. The molecular formula is C18H20. The maximum absolute atomic E-state index is 2.23. The van der Waals surface area contributed by atoms with E-state index in [-0.39, 0.29) is 0 Å². The highest BCUT2D eigenvalue weighted by Gasteiger charge is 1.99. The minimum atomic E-state index is 1.10. The zero-order valence-corrected chi connectivity index (χ0v) is 11.2. The molecule has 0 heterocycles. The Labute approximate surface area is 110 Å². The molecule has 0 aliphatic carbocycles. The van der Waals surface area contributed by atoms with Gasteiger partial charge in [-0.2, -0.15) is 0 Å². The number of aryl methyl sites for hydroxylation is 3. The molecule has 0 radical (unpaired) electrons. The zero-order valence-electron chi connectivity index (χ0n) is 11.2. The third kappa shape index (κ3) is 3.33. The van der Waals surface area contributed by atoms with E-state index in [0.29, 0.717) is 0 Å². The molecule has 0 nitrogen and oxygen atoms in total. The van der Waals surface area contributed by atoms with E-state index in [1.54, 1.807) is 0 Å². The highest BCUT2D eigenvalue weighted by atomic mass is 14.0. The summed E-state index contributed by atoms with van der Waals surface area (Å²) in [4.78, 5) is 0. The average Bonchev–Trinajstić information content (AvgIpc) is 2.40. The van der Waals surface area contributed by atoms with Gasteiger partial charge in [0.25, 0.3) is 0 Å². The molecule has 0 aliphatic rings. The molecule has 92 valence electrons. The fourth-order valence-corrected chi connectivity index (χ4v) is 2.14. The van der Waals surface area contributed by atoms with Crippen LogP contribution in [0, 0.1) is 6.92 Å². The average molecular weight is 236 g/mol. The standard InChI is InChI=1S/C18H20/c1-3-6-17-7-4-5-8-18(17)14-13-16-11-9-15(2)10-12-16/h3-12H,13-14H2,1-2H3/b6-3-. The SMILES string of the molecule is C/C=C\c1ccccc1CCc1ccc(C)cc1. The van der Waals surface area contributed by atoms with Crippen molar-refractivity contribution in [2.24, 2.45) is 0 Å². The van der Waals surface area contributed by atoms with Gasteiger partial charge in [-0.25, -0.2) is 0 Å². The summed E-state index contributed by atoms with van der Waals surface area (Å²) in [6.45, 7) is 4.20. The van der Waals surface area contributed by atoms with Crippen molar-refractivity contribution in [2.75, 3.05) is 0 Å². The molecule has 2 rings (SSSR count). The summed E-state index contributed by atoms with van der Waals surface area (Å²) in [5, 5.41) is 0. The fourth-order valence-electron chi connectivity index (χ4n) is 2.14. The molecule has 0 heteroatoms. The van der Waals surface area contributed by atoms with E-state index in [0.717, 1.165) is 12.8 Å². The van der Waals surface area contributed by atoms with Gasteiger partial charge < -0.3 is 0 Å². The topological polar surface area (TPSA) is 0 Å². The highest BCUT2D eigenvalue weighted by Crippen LogP contribution is 2.14. The van der Waals surface area contributed by atoms with Crippen molar-refractivity contribution in [3.05, 3.63) is 76.9 Å². The Balaban J connectivity index is 2.08. The Kier molecular flexibility index (Phi) is 4.35. The number of hydrogen-bond donors (Lipinski definition) is 0. The van der Waals surface area contributed by atoms with Crippen molar-refractivity contribution >= 4 is 6.08 Å². The van der Waals surface area contributed by atoms with Gasteiger partial charge in [0.2, 0.25) is 0 Å². The molecule has 0 aromatic heterocycles. The monoisotopic (exact) mass is 236 g/mol. The lowest BCUT2D eigenvalue weighted by Crippen LogP contribution is -1.94. The third-order valence-electron chi connectivity index (χ3n) is 3.20. The van der Waals surface area contributed by atoms with E-state index >= 15 is 0 Å². The number of rotatable bonds is 4. The van der Waals surface area contributed by atoms with Gasteiger partial charge in [0.05, 0.1) is 0 Å². The van der Waals surface area contributed by atoms with Crippen molar-refractivity contribution in [3.8, 4) is 0 Å². The van der Waals surface area contributed by atoms with Crippen LogP contribution in [0.25, 0.3) is 6.08 Å². The van der Waals surface area contributed by atoms with Gasteiger partial charge in [-0.15, -0.1) is 0 Å². The first kappa shape index (κ1) is 12.6. The van der Waals surface area contributed by atoms with Crippen molar-refractivity contribution in [2.45, 2.75) is 26.7 Å². The van der Waals surface area contributed by atoms with E-state index in [2.05, 4.69) is 74.5 Å². The molecule has 0 saturated heterocycles. The molecule has 0 aliphatic heterocycles. The lowest BCUT2D eigenvalue weighted by molar-refractivity contribution is 0.956. The fraction of sp³-hybridized carbons (Fsp3) is 0.222. The third-order valence-corrected chi connectivity index (χ3v) is 3.20. The number of benzene rings is 2. The molecule has 0 N–H and O–H groups in total. The summed E-state index contributed by atoms with van der Waals surface area (Å²) in [6, 6.07) is 17.5. The van der Waals surface area contributed by atoms with Crippen LogP contribution in [0.2, 0.25) is 0 Å². The minimum Gasteiger partial charge on any atom is -0.0871 e. The summed E-state index contributed by atoms with van der Waals surface area (Å²) in [5.74, 6) is 0. The minimum absolute atomic E-state index is 1.10. The molecule has 0 atom stereocenters. The van der Waals surface area contributed by atoms with E-state index in [1.165, 1.54) is 22.3 Å². The maximum Gasteiger partial charge on any atom is -0.0228 e. The van der Waals surface area contributed by atoms with Crippen molar-refractivity contribution in [1.29, 1.82) is 0 Å². The summed E-state index contributed by atoms with van der Waals surface area (Å²) >= 11 is 0. The molecule has 0 unspecified atom stereocenters. The van der Waals surface area contributed by atoms with Gasteiger partial charge in [0.1, 0.15) is 0 Å². The Morgan fingerprint density at radius 3 is 2.33 bits per heavy atom. The van der Waals surface area contributed by atoms with E-state index < -0.39 is 0 Å². The molecular weight excluding hydrogens is 216 g/mol. The molecule has 0 spiro atoms. The summed E-state index contributed by atoms with van der Waals surface area (Å²) in [6.07, 6.45) is 6.49. The molecule has 0 fully saturated rings. The van der Waals surface area contributed by atoms with Crippen LogP contribution in [0.1, 0.15) is 29.2 Å². The second-order valence-electron chi connectivity index (χ2n) is 4.68. The first-order valence-corrected chi connectivity index (χ1v) is 6.56. The lowest BCUT2D eigenvalue weighted by Gasteiger charge is -2.06. The molecule has 0 amide bonds. The van der Waals surface area contributed by atoms with E-state index in [1.807, 2.05) is 0 Å². The predicted molar refractivity (Wildman–Crippen MR) is 79.7 cm³/mol. The largest absolute Gasteiger partial charge is 0.0871 e. The molecule has 2 aromatic rings. The Morgan fingerprint density at radius 2 is 1.61 bits per heavy atom. The van der Waals surface area contributed by atoms with Crippen LogP contribution in [0.3, 0.4) is 0 Å². The molecule has 0 bridgehead atoms. The van der Waals surface area contributed by atoms with Crippen LogP contribution < -0.4 is 0 Å². The number of allylic oxidation sites excluding steroid dienone is 1. The van der Waals surface area contributed by atoms with Gasteiger partial charge >= 0.3 is 0 Å². The van der Waals surface area contributed by atoms with Crippen LogP contribution in [0.5, 0.6) is 0 Å². The predicted octanol–water partition coefficient (Wildman–Crippen LogP) is 4.81. The zero-order chi connectivity index (χ0) is 12.8. The van der Waals surface area contributed by atoms with Crippen LogP contribution in [0.4, 0.5) is 0 Å². The van der Waals surface area contributed by atoms with Gasteiger partial charge in [0, 0.05) is 0 Å². The molecule has 18 heavy (non-hydrogen) atoms. The van der Waals surface area contributed by atoms with Crippen molar-refractivity contribution in [3.63, 3.8) is 0 Å². The summed E-state index contributed by atoms with van der Waals surface area (Å²) in [5.41, 5.74) is 5.51. The second kappa shape index (κ2) is 6.20. The quantitative estimate of drug-likeness (QED) is 0.714. The van der Waals surface area contributed by atoms with E-state index in [9.17, 15) is 0 Å². The first-order valence-electron chi connectivity index (χ1n) is 6.56. The van der Waals surface area contributed by atoms with Crippen LogP contribution in [-0.4, -0.2) is 0 Å². The van der Waals surface area contributed by atoms with Crippen LogP contribution in [0.15, 0.2) is 54.6 Å². The summed E-state index contributed by atoms with van der Waals surface area (Å²) < 4.78 is 0. The normalized spacial score (nSPS) is 11.0. The molecule has 0 saturated carbocycles. The van der Waals surface area contributed by atoms with Crippen LogP contribution >= 0.6 is 0 Å². The van der Waals surface area contributed by atoms with Gasteiger partial charge in [-0.3, -0.25) is 0 Å². The van der Waals surface area contributed by atoms with Gasteiger partial charge in [-0.05, 0) is 43.4 Å². The Morgan fingerprint density at radius 1 is 0.889 bits per heavy atom. The first-order chi connectivity index (χ1) is 8.79. The van der Waals surface area contributed by atoms with Crippen molar-refractivity contribution in [1.82, 2.24) is 0 Å². The second-order valence-corrected chi connectivity index (χ2v) is 4.68. The van der Waals surface area contributed by atoms with Gasteiger partial charge in [0.15, 0.2) is 0 Å². The van der Waals surface area contributed by atoms with Crippen LogP contribution in [-0.2, 0) is 12.8 Å². The smallest absolute Gasteiger partial charge is 0.0228 e. The lowest BCUT2D eigenvalue weighted by atomic mass is 9.99. The summed E-state index contributed by atoms with van der Waals surface area (Å²) in [7, 11) is 0. The Bertz CT molecular complexity index is 518.